The van der Waals surface area contributed by atoms with Crippen LogP contribution in [0.25, 0.3) is 11.4 Å². The summed E-state index contributed by atoms with van der Waals surface area (Å²) in [5, 5.41) is 2.89. The summed E-state index contributed by atoms with van der Waals surface area (Å²) in [6.07, 6.45) is 5.52. The van der Waals surface area contributed by atoms with E-state index in [1.807, 2.05) is 62.5 Å². The fraction of sp³-hybridized carbons (Fsp3) is 0.304. The molecule has 1 aliphatic rings. The minimum absolute atomic E-state index is 0.0141. The Morgan fingerprint density at radius 3 is 2.79 bits per heavy atom. The molecule has 1 aromatic heterocycles. The Morgan fingerprint density at radius 1 is 1.14 bits per heavy atom. The maximum Gasteiger partial charge on any atom is 0.262 e. The van der Waals surface area contributed by atoms with E-state index in [0.717, 1.165) is 46.9 Å². The molecule has 0 unspecified atom stereocenters. The number of aryl methyl sites for hydroxylation is 3. The third-order valence-corrected chi connectivity index (χ3v) is 5.13. The fourth-order valence-electron chi connectivity index (χ4n) is 3.57. The van der Waals surface area contributed by atoms with Gasteiger partial charge < -0.3 is 14.6 Å². The number of carbonyl (C=O) groups excluding carboxylic acids is 1. The van der Waals surface area contributed by atoms with Gasteiger partial charge in [0.2, 0.25) is 0 Å². The van der Waals surface area contributed by atoms with Crippen LogP contribution in [0.2, 0.25) is 0 Å². The minimum Gasteiger partial charge on any atom is -0.483 e. The van der Waals surface area contributed by atoms with E-state index in [1.54, 1.807) is 0 Å². The van der Waals surface area contributed by atoms with E-state index >= 15 is 0 Å². The average molecular weight is 375 g/mol. The number of amides is 1. The van der Waals surface area contributed by atoms with E-state index < -0.39 is 0 Å². The molecule has 1 N–H and O–H groups in total. The second kappa shape index (κ2) is 7.89. The van der Waals surface area contributed by atoms with Gasteiger partial charge >= 0.3 is 0 Å². The highest BCUT2D eigenvalue weighted by atomic mass is 16.5. The fourth-order valence-corrected chi connectivity index (χ4v) is 3.57. The Bertz CT molecular complexity index is 990. The number of rotatable bonds is 5. The van der Waals surface area contributed by atoms with E-state index in [2.05, 4.69) is 14.9 Å². The first-order chi connectivity index (χ1) is 13.6. The monoisotopic (exact) mass is 375 g/mol. The summed E-state index contributed by atoms with van der Waals surface area (Å²) in [6, 6.07) is 13.8. The molecule has 0 fully saturated rings. The molecule has 2 aromatic carbocycles. The van der Waals surface area contributed by atoms with Crippen LogP contribution in [0.1, 0.15) is 29.7 Å². The highest BCUT2D eigenvalue weighted by molar-refractivity contribution is 5.92. The van der Waals surface area contributed by atoms with Crippen molar-refractivity contribution in [2.24, 2.45) is 0 Å². The lowest BCUT2D eigenvalue weighted by molar-refractivity contribution is -0.118. The number of aromatic nitrogens is 2. The van der Waals surface area contributed by atoms with Gasteiger partial charge in [0, 0.05) is 29.7 Å². The summed E-state index contributed by atoms with van der Waals surface area (Å²) in [5.41, 5.74) is 5.26. The molecule has 3 aromatic rings. The van der Waals surface area contributed by atoms with Crippen molar-refractivity contribution in [3.05, 3.63) is 65.5 Å². The summed E-state index contributed by atoms with van der Waals surface area (Å²) in [4.78, 5) is 16.8. The van der Waals surface area contributed by atoms with Crippen molar-refractivity contribution in [2.45, 2.75) is 39.7 Å². The Morgan fingerprint density at radius 2 is 1.96 bits per heavy atom. The van der Waals surface area contributed by atoms with E-state index in [9.17, 15) is 4.79 Å². The molecule has 0 spiro atoms. The Hall–Kier alpha value is -3.08. The van der Waals surface area contributed by atoms with Crippen LogP contribution in [0.5, 0.6) is 5.75 Å². The van der Waals surface area contributed by atoms with Crippen LogP contribution in [0.4, 0.5) is 5.69 Å². The van der Waals surface area contributed by atoms with Crippen molar-refractivity contribution < 1.29 is 9.53 Å². The number of anilines is 1. The maximum atomic E-state index is 12.2. The smallest absolute Gasteiger partial charge is 0.262 e. The molecule has 4 rings (SSSR count). The van der Waals surface area contributed by atoms with Gasteiger partial charge in [0.25, 0.3) is 5.91 Å². The first-order valence-electron chi connectivity index (χ1n) is 9.75. The standard InChI is InChI=1S/C23H25N3O2/c1-16-6-7-17(2)21(13-16)28-15-22(27)25-19-10-8-18(9-11-19)23-24-14-20-5-3-4-12-26(20)23/h6-11,13-14H,3-5,12,15H2,1-2H3,(H,25,27). The number of carbonyl (C=O) groups is 1. The number of fused-ring (bicyclic) bond motifs is 1. The van der Waals surface area contributed by atoms with Gasteiger partial charge in [-0.05, 0) is 74.6 Å². The zero-order chi connectivity index (χ0) is 19.5. The van der Waals surface area contributed by atoms with Gasteiger partial charge in [0.1, 0.15) is 11.6 Å². The lowest BCUT2D eigenvalue weighted by Gasteiger charge is -2.16. The maximum absolute atomic E-state index is 12.2. The molecule has 0 saturated heterocycles. The van der Waals surface area contributed by atoms with Crippen molar-refractivity contribution in [1.82, 2.24) is 9.55 Å². The number of imidazole rings is 1. The van der Waals surface area contributed by atoms with Crippen molar-refractivity contribution in [3.63, 3.8) is 0 Å². The van der Waals surface area contributed by atoms with E-state index in [1.165, 1.54) is 18.5 Å². The lowest BCUT2D eigenvalue weighted by Crippen LogP contribution is -2.20. The molecule has 0 radical (unpaired) electrons. The topological polar surface area (TPSA) is 56.1 Å². The molecule has 0 saturated carbocycles. The largest absolute Gasteiger partial charge is 0.483 e. The van der Waals surface area contributed by atoms with Crippen LogP contribution < -0.4 is 10.1 Å². The quantitative estimate of drug-likeness (QED) is 0.713. The normalized spacial score (nSPS) is 13.1. The highest BCUT2D eigenvalue weighted by Gasteiger charge is 2.15. The second-order valence-corrected chi connectivity index (χ2v) is 7.37. The molecular weight excluding hydrogens is 350 g/mol. The summed E-state index contributed by atoms with van der Waals surface area (Å²) >= 11 is 0. The molecule has 5 nitrogen and oxygen atoms in total. The number of hydrogen-bond donors (Lipinski definition) is 1. The predicted octanol–water partition coefficient (Wildman–Crippen LogP) is 4.52. The molecule has 0 bridgehead atoms. The van der Waals surface area contributed by atoms with Crippen molar-refractivity contribution in [2.75, 3.05) is 11.9 Å². The van der Waals surface area contributed by atoms with Crippen LogP contribution in [0.15, 0.2) is 48.7 Å². The molecule has 0 atom stereocenters. The third-order valence-electron chi connectivity index (χ3n) is 5.13. The molecule has 1 aliphatic heterocycles. The van der Waals surface area contributed by atoms with Crippen LogP contribution in [0, 0.1) is 13.8 Å². The minimum atomic E-state index is -0.174. The molecule has 1 amide bonds. The SMILES string of the molecule is Cc1ccc(C)c(OCC(=O)Nc2ccc(-c3ncc4n3CCCC4)cc2)c1. The van der Waals surface area contributed by atoms with E-state index in [0.29, 0.717) is 0 Å². The van der Waals surface area contributed by atoms with Gasteiger partial charge in [0.05, 0.1) is 0 Å². The molecule has 0 aliphatic carbocycles. The average Bonchev–Trinajstić information content (AvgIpc) is 3.13. The molecule has 2 heterocycles. The molecular formula is C23H25N3O2. The lowest BCUT2D eigenvalue weighted by atomic mass is 10.1. The van der Waals surface area contributed by atoms with Crippen molar-refractivity contribution in [1.29, 1.82) is 0 Å². The van der Waals surface area contributed by atoms with Crippen LogP contribution in [0.3, 0.4) is 0 Å². The van der Waals surface area contributed by atoms with Gasteiger partial charge in [-0.1, -0.05) is 12.1 Å². The summed E-state index contributed by atoms with van der Waals surface area (Å²) in [7, 11) is 0. The van der Waals surface area contributed by atoms with Gasteiger partial charge in [-0.25, -0.2) is 4.98 Å². The Labute approximate surface area is 165 Å². The van der Waals surface area contributed by atoms with Crippen LogP contribution in [-0.2, 0) is 17.8 Å². The van der Waals surface area contributed by atoms with E-state index in [-0.39, 0.29) is 12.5 Å². The highest BCUT2D eigenvalue weighted by Crippen LogP contribution is 2.25. The Balaban J connectivity index is 1.38. The van der Waals surface area contributed by atoms with E-state index in [4.69, 9.17) is 4.74 Å². The number of hydrogen-bond acceptors (Lipinski definition) is 3. The molecule has 144 valence electrons. The number of nitrogens with zero attached hydrogens (tertiary/aromatic N) is 2. The van der Waals surface area contributed by atoms with Gasteiger partial charge in [-0.2, -0.15) is 0 Å². The number of ether oxygens (including phenoxy) is 1. The van der Waals surface area contributed by atoms with Gasteiger partial charge in [-0.3, -0.25) is 4.79 Å². The van der Waals surface area contributed by atoms with Crippen molar-refractivity contribution >= 4 is 11.6 Å². The predicted molar refractivity (Wildman–Crippen MR) is 111 cm³/mol. The summed E-state index contributed by atoms with van der Waals surface area (Å²) in [6.45, 7) is 4.99. The first-order valence-corrected chi connectivity index (χ1v) is 9.75. The van der Waals surface area contributed by atoms with Crippen LogP contribution >= 0.6 is 0 Å². The number of nitrogens with one attached hydrogen (secondary N) is 1. The zero-order valence-corrected chi connectivity index (χ0v) is 16.4. The van der Waals surface area contributed by atoms with Crippen LogP contribution in [-0.4, -0.2) is 22.1 Å². The number of benzene rings is 2. The zero-order valence-electron chi connectivity index (χ0n) is 16.4. The van der Waals surface area contributed by atoms with Gasteiger partial charge in [-0.15, -0.1) is 0 Å². The summed E-state index contributed by atoms with van der Waals surface area (Å²) in [5.74, 6) is 1.58. The first kappa shape index (κ1) is 18.3. The molecule has 5 heteroatoms. The summed E-state index contributed by atoms with van der Waals surface area (Å²) < 4.78 is 7.97. The third kappa shape index (κ3) is 3.93. The second-order valence-electron chi connectivity index (χ2n) is 7.37. The van der Waals surface area contributed by atoms with Gasteiger partial charge in [0.15, 0.2) is 6.61 Å². The Kier molecular flexibility index (Phi) is 5.15. The van der Waals surface area contributed by atoms with Crippen molar-refractivity contribution in [3.8, 4) is 17.1 Å². The molecule has 28 heavy (non-hydrogen) atoms.